The molecule has 6 unspecified atom stereocenters. The van der Waals surface area contributed by atoms with E-state index in [4.69, 9.17) is 9.47 Å². The maximum absolute atomic E-state index is 12.5. The molecule has 0 radical (unpaired) electrons. The van der Waals surface area contributed by atoms with Crippen LogP contribution < -0.4 is 0 Å². The van der Waals surface area contributed by atoms with Crippen LogP contribution >= 0.6 is 0 Å². The minimum atomic E-state index is -1.01. The molecule has 2 N–H and O–H groups in total. The summed E-state index contributed by atoms with van der Waals surface area (Å²) < 4.78 is 11.5. The van der Waals surface area contributed by atoms with Crippen LogP contribution in [-0.4, -0.2) is 47.7 Å². The Balaban J connectivity index is 1.78. The average Bonchev–Trinajstić information content (AvgIpc) is 2.95. The highest BCUT2D eigenvalue weighted by molar-refractivity contribution is 5.88. The molecule has 0 saturated heterocycles. The van der Waals surface area contributed by atoms with Gasteiger partial charge in [-0.15, -0.1) is 0 Å². The number of hydrogen-bond donors (Lipinski definition) is 2. The van der Waals surface area contributed by atoms with Crippen LogP contribution in [-0.2, 0) is 14.3 Å². The number of aliphatic hydroxyl groups excluding tert-OH is 2. The highest BCUT2D eigenvalue weighted by Crippen LogP contribution is 2.59. The minimum absolute atomic E-state index is 0.109. The van der Waals surface area contributed by atoms with Crippen LogP contribution in [0.4, 0.5) is 0 Å². The lowest BCUT2D eigenvalue weighted by molar-refractivity contribution is -0.191. The van der Waals surface area contributed by atoms with Crippen LogP contribution in [0.2, 0.25) is 0 Å². The Kier molecular flexibility index (Phi) is 4.42. The number of ketones is 1. The Hall–Kier alpha value is -1.01. The van der Waals surface area contributed by atoms with Crippen molar-refractivity contribution in [3.8, 4) is 0 Å². The summed E-state index contributed by atoms with van der Waals surface area (Å²) in [5.74, 6) is -0.243. The van der Waals surface area contributed by atoms with E-state index >= 15 is 0 Å². The van der Waals surface area contributed by atoms with Crippen LogP contribution in [0.15, 0.2) is 22.8 Å². The second-order valence-electron chi connectivity index (χ2n) is 8.44. The van der Waals surface area contributed by atoms with Gasteiger partial charge in [0.2, 0.25) is 0 Å². The quantitative estimate of drug-likeness (QED) is 0.755. The van der Waals surface area contributed by atoms with Crippen molar-refractivity contribution in [1.82, 2.24) is 0 Å². The summed E-state index contributed by atoms with van der Waals surface area (Å²) in [5, 5.41) is 21.8. The maximum atomic E-state index is 12.5. The van der Waals surface area contributed by atoms with Crippen molar-refractivity contribution in [2.75, 3.05) is 13.7 Å². The number of fused-ring (bicyclic) bond motifs is 4. The smallest absolute Gasteiger partial charge is 0.188 e. The first-order valence-electron chi connectivity index (χ1n) is 9.91. The molecule has 4 rings (SSSR count). The number of methoxy groups -OCH3 is 1. The molecule has 6 atom stereocenters. The highest BCUT2D eigenvalue weighted by atomic mass is 16.7. The number of aliphatic hydroxyl groups is 2. The van der Waals surface area contributed by atoms with Crippen molar-refractivity contribution in [1.29, 1.82) is 0 Å². The summed E-state index contributed by atoms with van der Waals surface area (Å²) in [6.07, 6.45) is 4.74. The standard InChI is InChI=1S/C21H30O5/c1-4-26-21(25-3)10-9-13-12(11-21)5-6-14-15-7-8-16(22)20(15,2)19(24)18(23)17(13)14/h11,14-15,18-19,23-24H,4-10H2,1-3H3. The summed E-state index contributed by atoms with van der Waals surface area (Å²) in [6, 6.07) is 0. The van der Waals surface area contributed by atoms with Gasteiger partial charge in [-0.05, 0) is 74.2 Å². The van der Waals surface area contributed by atoms with Gasteiger partial charge in [-0.1, -0.05) is 0 Å². The molecule has 2 fully saturated rings. The summed E-state index contributed by atoms with van der Waals surface area (Å²) in [7, 11) is 1.67. The zero-order valence-electron chi connectivity index (χ0n) is 16.0. The molecule has 5 heteroatoms. The van der Waals surface area contributed by atoms with Crippen LogP contribution in [0.5, 0.6) is 0 Å². The van der Waals surface area contributed by atoms with Crippen LogP contribution in [0.1, 0.15) is 52.4 Å². The molecule has 2 saturated carbocycles. The van der Waals surface area contributed by atoms with Crippen molar-refractivity contribution < 1.29 is 24.5 Å². The van der Waals surface area contributed by atoms with E-state index in [1.807, 2.05) is 13.8 Å². The first kappa shape index (κ1) is 18.4. The third-order valence-corrected chi connectivity index (χ3v) is 7.48. The first-order chi connectivity index (χ1) is 12.4. The molecule has 0 heterocycles. The first-order valence-corrected chi connectivity index (χ1v) is 9.91. The van der Waals surface area contributed by atoms with Gasteiger partial charge < -0.3 is 19.7 Å². The summed E-state index contributed by atoms with van der Waals surface area (Å²) in [5.41, 5.74) is 2.53. The summed E-state index contributed by atoms with van der Waals surface area (Å²) in [6.45, 7) is 4.40. The predicted octanol–water partition coefficient (Wildman–Crippen LogP) is 2.51. The molecular formula is C21H30O5. The van der Waals surface area contributed by atoms with E-state index in [0.717, 1.165) is 31.3 Å². The molecule has 4 aliphatic carbocycles. The van der Waals surface area contributed by atoms with E-state index in [1.165, 1.54) is 11.1 Å². The second kappa shape index (κ2) is 6.26. The van der Waals surface area contributed by atoms with Gasteiger partial charge in [-0.3, -0.25) is 4.79 Å². The summed E-state index contributed by atoms with van der Waals surface area (Å²) >= 11 is 0. The molecule has 0 aromatic carbocycles. The molecule has 0 aliphatic heterocycles. The van der Waals surface area contributed by atoms with E-state index in [-0.39, 0.29) is 17.6 Å². The monoisotopic (exact) mass is 362 g/mol. The molecule has 0 aromatic rings. The van der Waals surface area contributed by atoms with Gasteiger partial charge in [0.15, 0.2) is 5.79 Å². The Morgan fingerprint density at radius 2 is 2.00 bits per heavy atom. The van der Waals surface area contributed by atoms with Crippen LogP contribution in [0.3, 0.4) is 0 Å². The Morgan fingerprint density at radius 3 is 2.69 bits per heavy atom. The van der Waals surface area contributed by atoms with Crippen molar-refractivity contribution in [3.05, 3.63) is 22.8 Å². The Morgan fingerprint density at radius 1 is 1.23 bits per heavy atom. The van der Waals surface area contributed by atoms with Crippen molar-refractivity contribution >= 4 is 5.78 Å². The lowest BCUT2D eigenvalue weighted by Gasteiger charge is -2.51. The van der Waals surface area contributed by atoms with Crippen molar-refractivity contribution in [2.24, 2.45) is 17.3 Å². The molecule has 26 heavy (non-hydrogen) atoms. The zero-order chi connectivity index (χ0) is 18.7. The van der Waals surface area contributed by atoms with Gasteiger partial charge in [0, 0.05) is 26.6 Å². The fraction of sp³-hybridized carbons (Fsp3) is 0.762. The normalized spacial score (nSPS) is 45.1. The minimum Gasteiger partial charge on any atom is -0.389 e. The fourth-order valence-electron chi connectivity index (χ4n) is 6.09. The van der Waals surface area contributed by atoms with Crippen LogP contribution in [0.25, 0.3) is 0 Å². The molecule has 0 aromatic heterocycles. The fourth-order valence-corrected chi connectivity index (χ4v) is 6.09. The predicted molar refractivity (Wildman–Crippen MR) is 96.3 cm³/mol. The number of Topliss-reactive ketones (excluding diaryl/α,β-unsaturated/α-hetero) is 1. The Labute approximate surface area is 155 Å². The molecule has 0 spiro atoms. The number of ether oxygens (including phenoxy) is 2. The van der Waals surface area contributed by atoms with Crippen LogP contribution in [0, 0.1) is 17.3 Å². The molecular weight excluding hydrogens is 332 g/mol. The number of carbonyl (C=O) groups excluding carboxylic acids is 1. The largest absolute Gasteiger partial charge is 0.389 e. The maximum Gasteiger partial charge on any atom is 0.188 e. The number of allylic oxidation sites excluding steroid dienone is 2. The summed E-state index contributed by atoms with van der Waals surface area (Å²) in [4.78, 5) is 12.5. The molecule has 0 bridgehead atoms. The second-order valence-corrected chi connectivity index (χ2v) is 8.44. The third-order valence-electron chi connectivity index (χ3n) is 7.48. The lowest BCUT2D eigenvalue weighted by atomic mass is 9.55. The van der Waals surface area contributed by atoms with E-state index in [0.29, 0.717) is 19.4 Å². The lowest BCUT2D eigenvalue weighted by Crippen LogP contribution is -2.56. The van der Waals surface area contributed by atoms with Gasteiger partial charge in [0.25, 0.3) is 0 Å². The third kappa shape index (κ3) is 2.34. The van der Waals surface area contributed by atoms with E-state index < -0.39 is 23.4 Å². The van der Waals surface area contributed by atoms with E-state index in [1.54, 1.807) is 7.11 Å². The molecule has 0 amide bonds. The van der Waals surface area contributed by atoms with Gasteiger partial charge in [0.1, 0.15) is 11.9 Å². The van der Waals surface area contributed by atoms with Gasteiger partial charge in [-0.25, -0.2) is 0 Å². The van der Waals surface area contributed by atoms with Gasteiger partial charge in [-0.2, -0.15) is 0 Å². The van der Waals surface area contributed by atoms with Crippen molar-refractivity contribution in [3.63, 3.8) is 0 Å². The molecule has 4 aliphatic rings. The molecule has 5 nitrogen and oxygen atoms in total. The van der Waals surface area contributed by atoms with E-state index in [2.05, 4.69) is 6.08 Å². The number of hydrogen-bond acceptors (Lipinski definition) is 5. The van der Waals surface area contributed by atoms with Gasteiger partial charge in [0.05, 0.1) is 11.5 Å². The molecule has 144 valence electrons. The Bertz CT molecular complexity index is 680. The number of rotatable bonds is 3. The zero-order valence-corrected chi connectivity index (χ0v) is 16.0. The number of carbonyl (C=O) groups is 1. The SMILES string of the molecule is CCOC1(OC)C=C2CCC3C(=C2CC1)C(O)C(O)C1(C)C(=O)CCC31. The highest BCUT2D eigenvalue weighted by Gasteiger charge is 2.61. The van der Waals surface area contributed by atoms with E-state index in [9.17, 15) is 15.0 Å². The topological polar surface area (TPSA) is 76.0 Å². The van der Waals surface area contributed by atoms with Crippen molar-refractivity contribution in [2.45, 2.75) is 70.4 Å². The average molecular weight is 362 g/mol. The van der Waals surface area contributed by atoms with Gasteiger partial charge >= 0.3 is 0 Å².